The lowest BCUT2D eigenvalue weighted by Gasteiger charge is -2.31. The smallest absolute Gasteiger partial charge is 0.354 e. The summed E-state index contributed by atoms with van der Waals surface area (Å²) in [5.41, 5.74) is 1.69. The summed E-state index contributed by atoms with van der Waals surface area (Å²) in [6.07, 6.45) is 0. The lowest BCUT2D eigenvalue weighted by molar-refractivity contribution is -0.140. The van der Waals surface area contributed by atoms with Crippen molar-refractivity contribution in [3.8, 4) is 11.5 Å². The molecule has 1 aromatic carbocycles. The first-order chi connectivity index (χ1) is 18.2. The summed E-state index contributed by atoms with van der Waals surface area (Å²) >= 11 is 0. The number of aryl methyl sites for hydroxylation is 1. The zero-order valence-electron chi connectivity index (χ0n) is 22.3. The number of hydrogen-bond acceptors (Lipinski definition) is 9. The van der Waals surface area contributed by atoms with Crippen LogP contribution in [0.1, 0.15) is 38.9 Å². The summed E-state index contributed by atoms with van der Waals surface area (Å²) in [5.74, 6) is -1.77. The van der Waals surface area contributed by atoms with Gasteiger partial charge in [-0.15, -0.1) is 0 Å². The van der Waals surface area contributed by atoms with Crippen molar-refractivity contribution in [3.63, 3.8) is 0 Å². The summed E-state index contributed by atoms with van der Waals surface area (Å²) < 4.78 is 21.4. The van der Waals surface area contributed by atoms with Crippen LogP contribution in [-0.4, -0.2) is 98.3 Å². The first-order valence-corrected chi connectivity index (χ1v) is 12.3. The van der Waals surface area contributed by atoms with Gasteiger partial charge in [0.05, 0.1) is 46.2 Å². The van der Waals surface area contributed by atoms with Crippen LogP contribution in [0, 0.1) is 13.8 Å². The zero-order chi connectivity index (χ0) is 27.6. The predicted octanol–water partition coefficient (Wildman–Crippen LogP) is 2.19. The number of carbonyl (C=O) groups excluding carboxylic acids is 3. The number of nitrogens with one attached hydrogen (secondary N) is 1. The van der Waals surface area contributed by atoms with Crippen LogP contribution in [0.15, 0.2) is 23.8 Å². The van der Waals surface area contributed by atoms with Crippen molar-refractivity contribution >= 4 is 23.4 Å². The van der Waals surface area contributed by atoms with Crippen LogP contribution in [0.2, 0.25) is 0 Å². The molecular formula is C27H33N3O8. The second-order valence-electron chi connectivity index (χ2n) is 9.15. The number of methoxy groups -OCH3 is 3. The van der Waals surface area contributed by atoms with Crippen LogP contribution in [0.3, 0.4) is 0 Å². The minimum absolute atomic E-state index is 0.0925. The van der Waals surface area contributed by atoms with Gasteiger partial charge in [-0.3, -0.25) is 14.5 Å². The molecular weight excluding hydrogens is 494 g/mol. The largest absolute Gasteiger partial charge is 0.507 e. The van der Waals surface area contributed by atoms with Crippen LogP contribution in [0.25, 0.3) is 5.76 Å². The number of likely N-dealkylation sites (tertiary alicyclic amines) is 1. The van der Waals surface area contributed by atoms with Gasteiger partial charge in [0, 0.05) is 43.0 Å². The third-order valence-electron chi connectivity index (χ3n) is 7.09. The number of ether oxygens (including phenoxy) is 4. The first-order valence-electron chi connectivity index (χ1n) is 12.3. The average Bonchev–Trinajstić information content (AvgIpc) is 3.37. The van der Waals surface area contributed by atoms with Crippen LogP contribution >= 0.6 is 0 Å². The fourth-order valence-electron chi connectivity index (χ4n) is 5.18. The van der Waals surface area contributed by atoms with Crippen molar-refractivity contribution in [2.24, 2.45) is 0 Å². The van der Waals surface area contributed by atoms with Crippen molar-refractivity contribution in [2.45, 2.75) is 19.9 Å². The summed E-state index contributed by atoms with van der Waals surface area (Å²) in [6.45, 7) is 6.70. The van der Waals surface area contributed by atoms with E-state index in [0.717, 1.165) is 13.1 Å². The number of aliphatic hydroxyl groups is 1. The molecule has 11 nitrogen and oxygen atoms in total. The monoisotopic (exact) mass is 527 g/mol. The number of para-hydroxylation sites is 1. The number of esters is 1. The number of nitrogens with zero attached hydrogens (tertiary/aromatic N) is 2. The molecule has 2 N–H and O–H groups in total. The number of hydrogen-bond donors (Lipinski definition) is 2. The van der Waals surface area contributed by atoms with Gasteiger partial charge in [0.15, 0.2) is 11.5 Å². The number of morpholine rings is 1. The maximum atomic E-state index is 13.5. The van der Waals surface area contributed by atoms with Gasteiger partial charge >= 0.3 is 5.97 Å². The topological polar surface area (TPSA) is 131 Å². The molecule has 0 saturated carbocycles. The van der Waals surface area contributed by atoms with Gasteiger partial charge in [-0.1, -0.05) is 12.1 Å². The molecule has 2 aromatic rings. The average molecular weight is 528 g/mol. The second kappa shape index (κ2) is 11.3. The van der Waals surface area contributed by atoms with Crippen molar-refractivity contribution < 1.29 is 38.4 Å². The summed E-state index contributed by atoms with van der Waals surface area (Å²) in [6, 6.07) is 4.24. The summed E-state index contributed by atoms with van der Waals surface area (Å²) in [4.78, 5) is 45.8. The third-order valence-corrected chi connectivity index (χ3v) is 7.09. The number of carbonyl (C=O) groups is 3. The summed E-state index contributed by atoms with van der Waals surface area (Å²) in [5, 5.41) is 11.6. The number of amides is 1. The van der Waals surface area contributed by atoms with E-state index in [9.17, 15) is 19.5 Å². The lowest BCUT2D eigenvalue weighted by Crippen LogP contribution is -2.42. The number of Topliss-reactive ketones (excluding diaryl/α,β-unsaturated/α-hetero) is 1. The molecule has 1 aromatic heterocycles. The maximum Gasteiger partial charge on any atom is 0.354 e. The van der Waals surface area contributed by atoms with Crippen LogP contribution in [0.5, 0.6) is 11.5 Å². The van der Waals surface area contributed by atoms with E-state index in [0.29, 0.717) is 48.1 Å². The van der Waals surface area contributed by atoms with Gasteiger partial charge < -0.3 is 33.9 Å². The van der Waals surface area contributed by atoms with E-state index in [1.54, 1.807) is 32.0 Å². The Balaban J connectivity index is 1.88. The molecule has 3 heterocycles. The molecule has 4 rings (SSSR count). The molecule has 38 heavy (non-hydrogen) atoms. The molecule has 0 spiro atoms. The first kappa shape index (κ1) is 27.2. The van der Waals surface area contributed by atoms with Crippen molar-refractivity contribution in [3.05, 3.63) is 51.9 Å². The highest BCUT2D eigenvalue weighted by Crippen LogP contribution is 2.46. The Morgan fingerprint density at radius 3 is 2.45 bits per heavy atom. The second-order valence-corrected chi connectivity index (χ2v) is 9.15. The molecule has 204 valence electrons. The Kier molecular flexibility index (Phi) is 8.08. The molecule has 0 unspecified atom stereocenters. The number of H-pyrrole nitrogens is 1. The summed E-state index contributed by atoms with van der Waals surface area (Å²) in [7, 11) is 4.23. The molecule has 0 aliphatic carbocycles. The molecule has 0 radical (unpaired) electrons. The molecule has 2 saturated heterocycles. The van der Waals surface area contributed by atoms with Gasteiger partial charge in [-0.25, -0.2) is 4.79 Å². The Bertz CT molecular complexity index is 1280. The van der Waals surface area contributed by atoms with E-state index in [1.807, 2.05) is 0 Å². The van der Waals surface area contributed by atoms with Gasteiger partial charge in [0.1, 0.15) is 11.5 Å². The number of rotatable bonds is 8. The number of ketones is 1. The maximum absolute atomic E-state index is 13.5. The van der Waals surface area contributed by atoms with Crippen molar-refractivity contribution in [1.82, 2.24) is 14.8 Å². The standard InChI is InChI=1S/C27H33N3O8/c1-15-19(16(2)28-21(15)27(34)37-5)23(31)20-22(17-7-6-8-18(35-3)25(17)36-4)30(26(33)24(20)32)10-9-29-11-13-38-14-12-29/h6-8,22,28,31H,9-14H2,1-5H3/t22-/m0/s1. The Hall–Kier alpha value is -3.83. The Morgan fingerprint density at radius 2 is 1.82 bits per heavy atom. The minimum Gasteiger partial charge on any atom is -0.507 e. The van der Waals surface area contributed by atoms with E-state index in [1.165, 1.54) is 26.2 Å². The highest BCUT2D eigenvalue weighted by Gasteiger charge is 2.48. The fourth-order valence-corrected chi connectivity index (χ4v) is 5.18. The van der Waals surface area contributed by atoms with Crippen molar-refractivity contribution in [2.75, 3.05) is 60.7 Å². The number of aromatic amines is 1. The number of aliphatic hydroxyl groups excluding tert-OH is 1. The molecule has 2 aliphatic heterocycles. The van der Waals surface area contributed by atoms with Gasteiger partial charge in [0.25, 0.3) is 11.7 Å². The number of aromatic nitrogens is 1. The third kappa shape index (κ3) is 4.74. The van der Waals surface area contributed by atoms with Crippen LogP contribution in [-0.2, 0) is 19.1 Å². The SMILES string of the molecule is COC(=O)c1[nH]c(C)c(C(O)=C2C(=O)C(=O)N(CCN3CCOCC3)[C@H]2c2cccc(OC)c2OC)c1C. The number of benzene rings is 1. The van der Waals surface area contributed by atoms with E-state index >= 15 is 0 Å². The molecule has 0 bridgehead atoms. The fraction of sp³-hybridized carbons (Fsp3) is 0.444. The highest BCUT2D eigenvalue weighted by atomic mass is 16.5. The van der Waals surface area contributed by atoms with E-state index in [4.69, 9.17) is 18.9 Å². The van der Waals surface area contributed by atoms with Crippen molar-refractivity contribution in [1.29, 1.82) is 0 Å². The van der Waals surface area contributed by atoms with E-state index in [2.05, 4.69) is 9.88 Å². The van der Waals surface area contributed by atoms with Gasteiger partial charge in [0.2, 0.25) is 0 Å². The quantitative estimate of drug-likeness (QED) is 0.230. The van der Waals surface area contributed by atoms with E-state index in [-0.39, 0.29) is 29.1 Å². The molecule has 1 atom stereocenters. The molecule has 2 aliphatic rings. The zero-order valence-corrected chi connectivity index (χ0v) is 22.3. The Morgan fingerprint density at radius 1 is 1.11 bits per heavy atom. The predicted molar refractivity (Wildman–Crippen MR) is 137 cm³/mol. The van der Waals surface area contributed by atoms with E-state index < -0.39 is 23.7 Å². The lowest BCUT2D eigenvalue weighted by atomic mass is 9.93. The normalized spacial score (nSPS) is 19.6. The van der Waals surface area contributed by atoms with Gasteiger partial charge in [-0.2, -0.15) is 0 Å². The van der Waals surface area contributed by atoms with Crippen LogP contribution < -0.4 is 9.47 Å². The minimum atomic E-state index is -0.948. The Labute approximate surface area is 220 Å². The van der Waals surface area contributed by atoms with Gasteiger partial charge in [-0.05, 0) is 25.5 Å². The molecule has 1 amide bonds. The molecule has 2 fully saturated rings. The van der Waals surface area contributed by atoms with Crippen LogP contribution in [0.4, 0.5) is 0 Å². The molecule has 11 heteroatoms. The highest BCUT2D eigenvalue weighted by molar-refractivity contribution is 6.46.